The summed E-state index contributed by atoms with van der Waals surface area (Å²) in [5, 5.41) is 11.8. The number of carboxylic acids is 1. The molecule has 1 aromatic heterocycles. The van der Waals surface area contributed by atoms with Crippen LogP contribution in [0.1, 0.15) is 18.1 Å². The van der Waals surface area contributed by atoms with Crippen LogP contribution >= 0.6 is 0 Å². The zero-order valence-corrected chi connectivity index (χ0v) is 7.28. The molecule has 4 nitrogen and oxygen atoms in total. The van der Waals surface area contributed by atoms with Crippen LogP contribution in [-0.4, -0.2) is 23.7 Å². The van der Waals surface area contributed by atoms with Crippen molar-refractivity contribution in [1.82, 2.24) is 5.32 Å². The Morgan fingerprint density at radius 3 is 3.00 bits per heavy atom. The fraction of sp³-hybridized carbons (Fsp3) is 0.444. The first-order valence-corrected chi connectivity index (χ1v) is 4.16. The number of likely N-dealkylation sites (N-methyl/N-ethyl adjacent to an activating group) is 1. The molecule has 0 aliphatic heterocycles. The number of carboxylic acid groups (broad SMARTS) is 1. The number of rotatable bonds is 3. The van der Waals surface area contributed by atoms with Crippen molar-refractivity contribution in [2.45, 2.75) is 17.9 Å². The van der Waals surface area contributed by atoms with Crippen molar-refractivity contribution in [3.05, 3.63) is 24.2 Å². The Bertz CT molecular complexity index is 320. The minimum Gasteiger partial charge on any atom is -0.480 e. The van der Waals surface area contributed by atoms with Crippen LogP contribution in [0.3, 0.4) is 0 Å². The lowest BCUT2D eigenvalue weighted by Gasteiger charge is -2.08. The summed E-state index contributed by atoms with van der Waals surface area (Å²) >= 11 is 0. The molecule has 0 bridgehead atoms. The predicted octanol–water partition coefficient (Wildman–Crippen LogP) is 0.810. The lowest BCUT2D eigenvalue weighted by molar-refractivity contribution is -0.140. The number of hydrogen-bond donors (Lipinski definition) is 2. The molecule has 13 heavy (non-hydrogen) atoms. The van der Waals surface area contributed by atoms with E-state index in [0.29, 0.717) is 6.42 Å². The van der Waals surface area contributed by atoms with Crippen molar-refractivity contribution >= 4 is 5.97 Å². The minimum atomic E-state index is -0.809. The molecule has 1 aliphatic rings. The topological polar surface area (TPSA) is 62.5 Å². The molecule has 2 atom stereocenters. The van der Waals surface area contributed by atoms with Gasteiger partial charge in [-0.3, -0.25) is 4.79 Å². The van der Waals surface area contributed by atoms with E-state index in [9.17, 15) is 4.79 Å². The van der Waals surface area contributed by atoms with E-state index in [4.69, 9.17) is 9.52 Å². The highest BCUT2D eigenvalue weighted by Crippen LogP contribution is 2.51. The maximum absolute atomic E-state index is 10.9. The lowest BCUT2D eigenvalue weighted by Crippen LogP contribution is -2.38. The first kappa shape index (κ1) is 8.31. The van der Waals surface area contributed by atoms with E-state index in [1.807, 2.05) is 6.07 Å². The Morgan fingerprint density at radius 1 is 1.85 bits per heavy atom. The van der Waals surface area contributed by atoms with Crippen molar-refractivity contribution in [2.24, 2.45) is 0 Å². The van der Waals surface area contributed by atoms with Gasteiger partial charge in [-0.25, -0.2) is 0 Å². The molecular formula is C9H11NO3. The Morgan fingerprint density at radius 2 is 2.62 bits per heavy atom. The standard InChI is InChI=1S/C9H11NO3/c1-10-9(8(11)12)5-6(9)7-3-2-4-13-7/h2-4,6,10H,5H2,1H3,(H,11,12). The van der Waals surface area contributed by atoms with Gasteiger partial charge in [0.15, 0.2) is 0 Å². The van der Waals surface area contributed by atoms with Crippen LogP contribution in [-0.2, 0) is 4.79 Å². The van der Waals surface area contributed by atoms with E-state index in [2.05, 4.69) is 5.32 Å². The number of hydrogen-bond acceptors (Lipinski definition) is 3. The first-order chi connectivity index (χ1) is 6.20. The molecule has 0 aromatic carbocycles. The van der Waals surface area contributed by atoms with Gasteiger partial charge in [0.1, 0.15) is 11.3 Å². The fourth-order valence-corrected chi connectivity index (χ4v) is 1.72. The van der Waals surface area contributed by atoms with Crippen LogP contribution in [0, 0.1) is 0 Å². The third-order valence-electron chi connectivity index (χ3n) is 2.68. The highest BCUT2D eigenvalue weighted by molar-refractivity contribution is 5.85. The average molecular weight is 181 g/mol. The number of furan rings is 1. The van der Waals surface area contributed by atoms with Gasteiger partial charge < -0.3 is 14.8 Å². The second-order valence-corrected chi connectivity index (χ2v) is 3.30. The third-order valence-corrected chi connectivity index (χ3v) is 2.68. The summed E-state index contributed by atoms with van der Waals surface area (Å²) in [4.78, 5) is 10.9. The van der Waals surface area contributed by atoms with Gasteiger partial charge in [-0.15, -0.1) is 0 Å². The lowest BCUT2D eigenvalue weighted by atomic mass is 10.2. The average Bonchev–Trinajstić information content (AvgIpc) is 2.63. The molecule has 2 N–H and O–H groups in total. The predicted molar refractivity (Wildman–Crippen MR) is 45.5 cm³/mol. The second kappa shape index (κ2) is 2.60. The van der Waals surface area contributed by atoms with E-state index in [1.165, 1.54) is 0 Å². The van der Waals surface area contributed by atoms with Crippen LogP contribution in [0.25, 0.3) is 0 Å². The Balaban J connectivity index is 2.20. The highest BCUT2D eigenvalue weighted by atomic mass is 16.4. The molecule has 1 fully saturated rings. The molecule has 0 radical (unpaired) electrons. The molecule has 2 unspecified atom stereocenters. The monoisotopic (exact) mass is 181 g/mol. The molecular weight excluding hydrogens is 170 g/mol. The van der Waals surface area contributed by atoms with Crippen molar-refractivity contribution in [2.75, 3.05) is 7.05 Å². The summed E-state index contributed by atoms with van der Waals surface area (Å²) in [5.41, 5.74) is -0.794. The third kappa shape index (κ3) is 1.06. The number of carbonyl (C=O) groups is 1. The summed E-state index contributed by atoms with van der Waals surface area (Å²) in [6.07, 6.45) is 2.17. The Kier molecular flexibility index (Phi) is 1.66. The van der Waals surface area contributed by atoms with Crippen LogP contribution in [0.5, 0.6) is 0 Å². The maximum Gasteiger partial charge on any atom is 0.324 e. The van der Waals surface area contributed by atoms with Gasteiger partial charge >= 0.3 is 5.97 Å². The summed E-state index contributed by atoms with van der Waals surface area (Å²) in [6.45, 7) is 0. The molecule has 0 spiro atoms. The summed E-state index contributed by atoms with van der Waals surface area (Å²) in [6, 6.07) is 3.59. The van der Waals surface area contributed by atoms with Crippen LogP contribution in [0.4, 0.5) is 0 Å². The molecule has 0 amide bonds. The van der Waals surface area contributed by atoms with E-state index in [1.54, 1.807) is 19.4 Å². The van der Waals surface area contributed by atoms with E-state index >= 15 is 0 Å². The fourth-order valence-electron chi connectivity index (χ4n) is 1.72. The molecule has 4 heteroatoms. The number of nitrogens with one attached hydrogen (secondary N) is 1. The van der Waals surface area contributed by atoms with Crippen LogP contribution in [0.15, 0.2) is 22.8 Å². The molecule has 2 rings (SSSR count). The maximum atomic E-state index is 10.9. The Labute approximate surface area is 75.6 Å². The van der Waals surface area contributed by atoms with Crippen LogP contribution in [0.2, 0.25) is 0 Å². The summed E-state index contributed by atoms with van der Waals surface area (Å²) in [7, 11) is 1.66. The van der Waals surface area contributed by atoms with Gasteiger partial charge in [0.2, 0.25) is 0 Å². The zero-order chi connectivity index (χ0) is 9.47. The van der Waals surface area contributed by atoms with Crippen LogP contribution < -0.4 is 5.32 Å². The normalized spacial score (nSPS) is 31.6. The highest BCUT2D eigenvalue weighted by Gasteiger charge is 2.61. The van der Waals surface area contributed by atoms with Gasteiger partial charge in [-0.1, -0.05) is 0 Å². The Hall–Kier alpha value is -1.29. The van der Waals surface area contributed by atoms with E-state index in [0.717, 1.165) is 5.76 Å². The number of aliphatic carboxylic acids is 1. The molecule has 1 aromatic rings. The van der Waals surface area contributed by atoms with Gasteiger partial charge in [0, 0.05) is 5.92 Å². The minimum absolute atomic E-state index is 0.0231. The van der Waals surface area contributed by atoms with Crippen molar-refractivity contribution in [3.63, 3.8) is 0 Å². The first-order valence-electron chi connectivity index (χ1n) is 4.16. The van der Waals surface area contributed by atoms with Gasteiger partial charge in [0.25, 0.3) is 0 Å². The van der Waals surface area contributed by atoms with E-state index in [-0.39, 0.29) is 5.92 Å². The largest absolute Gasteiger partial charge is 0.480 e. The molecule has 0 saturated heterocycles. The quantitative estimate of drug-likeness (QED) is 0.724. The summed E-state index contributed by atoms with van der Waals surface area (Å²) < 4.78 is 5.16. The van der Waals surface area contributed by atoms with Crippen molar-refractivity contribution in [1.29, 1.82) is 0 Å². The molecule has 1 heterocycles. The van der Waals surface area contributed by atoms with Crippen molar-refractivity contribution in [3.8, 4) is 0 Å². The van der Waals surface area contributed by atoms with Gasteiger partial charge in [-0.2, -0.15) is 0 Å². The molecule has 1 saturated carbocycles. The second-order valence-electron chi connectivity index (χ2n) is 3.30. The smallest absolute Gasteiger partial charge is 0.324 e. The van der Waals surface area contributed by atoms with Gasteiger partial charge in [0.05, 0.1) is 6.26 Å². The SMILES string of the molecule is CNC1(C(=O)O)CC1c1ccco1. The van der Waals surface area contributed by atoms with Gasteiger partial charge in [-0.05, 0) is 25.6 Å². The van der Waals surface area contributed by atoms with Crippen molar-refractivity contribution < 1.29 is 14.3 Å². The summed E-state index contributed by atoms with van der Waals surface area (Å²) in [5.74, 6) is -0.0850. The van der Waals surface area contributed by atoms with E-state index < -0.39 is 11.5 Å². The zero-order valence-electron chi connectivity index (χ0n) is 7.28. The molecule has 70 valence electrons. The molecule has 1 aliphatic carbocycles.